The number of amides is 1. The lowest BCUT2D eigenvalue weighted by Gasteiger charge is -2.07. The summed E-state index contributed by atoms with van der Waals surface area (Å²) in [6, 6.07) is 9.87. The number of nitrogens with two attached hydrogens (primary N) is 1. The molecule has 2 rings (SSSR count). The fourth-order valence-electron chi connectivity index (χ4n) is 1.45. The average Bonchev–Trinajstić information content (AvgIpc) is 2.37. The van der Waals surface area contributed by atoms with Gasteiger partial charge in [0.2, 0.25) is 0 Å². The molecule has 0 saturated carbocycles. The van der Waals surface area contributed by atoms with Crippen LogP contribution < -0.4 is 11.1 Å². The molecule has 2 aromatic carbocycles. The molecule has 2 aromatic rings. The maximum Gasteiger partial charge on any atom is 0.255 e. The normalized spacial score (nSPS) is 10.3. The maximum absolute atomic E-state index is 12.0. The van der Waals surface area contributed by atoms with Crippen molar-refractivity contribution >= 4 is 56.4 Å². The largest absolute Gasteiger partial charge is 0.398 e. The second-order valence-electron chi connectivity index (χ2n) is 3.82. The first-order chi connectivity index (χ1) is 8.97. The van der Waals surface area contributed by atoms with Crippen LogP contribution in [0.25, 0.3) is 0 Å². The van der Waals surface area contributed by atoms with Crippen molar-refractivity contribution < 1.29 is 4.79 Å². The van der Waals surface area contributed by atoms with E-state index in [0.29, 0.717) is 27.0 Å². The Morgan fingerprint density at radius 3 is 2.47 bits per heavy atom. The maximum atomic E-state index is 12.0. The second kappa shape index (κ2) is 5.82. The standard InChI is InChI=1S/C13H9BrCl2N2O/c14-9-3-2-8(6-10(9)15)18-13(19)7-1-4-12(17)11(16)5-7/h1-6H,17H2,(H,18,19). The number of rotatable bonds is 2. The number of hydrogen-bond acceptors (Lipinski definition) is 2. The molecule has 0 atom stereocenters. The zero-order valence-corrected chi connectivity index (χ0v) is 12.7. The minimum absolute atomic E-state index is 0.278. The molecule has 0 bridgehead atoms. The summed E-state index contributed by atoms with van der Waals surface area (Å²) in [7, 11) is 0. The molecule has 0 spiro atoms. The van der Waals surface area contributed by atoms with Crippen molar-refractivity contribution in [2.24, 2.45) is 0 Å². The van der Waals surface area contributed by atoms with Crippen molar-refractivity contribution in [3.8, 4) is 0 Å². The van der Waals surface area contributed by atoms with Gasteiger partial charge in [0.1, 0.15) is 0 Å². The highest BCUT2D eigenvalue weighted by Crippen LogP contribution is 2.26. The Morgan fingerprint density at radius 1 is 1.11 bits per heavy atom. The van der Waals surface area contributed by atoms with Gasteiger partial charge in [0, 0.05) is 15.7 Å². The van der Waals surface area contributed by atoms with Crippen LogP contribution in [-0.2, 0) is 0 Å². The molecular weight excluding hydrogens is 351 g/mol. The predicted octanol–water partition coefficient (Wildman–Crippen LogP) is 4.59. The topological polar surface area (TPSA) is 55.1 Å². The van der Waals surface area contributed by atoms with Crippen LogP contribution in [-0.4, -0.2) is 5.91 Å². The fourth-order valence-corrected chi connectivity index (χ4v) is 2.05. The summed E-state index contributed by atoms with van der Waals surface area (Å²) in [6.07, 6.45) is 0. The molecule has 0 fully saturated rings. The van der Waals surface area contributed by atoms with Crippen LogP contribution in [0.4, 0.5) is 11.4 Å². The van der Waals surface area contributed by atoms with Gasteiger partial charge in [0.15, 0.2) is 0 Å². The lowest BCUT2D eigenvalue weighted by molar-refractivity contribution is 0.102. The van der Waals surface area contributed by atoms with Gasteiger partial charge >= 0.3 is 0 Å². The van der Waals surface area contributed by atoms with Crippen molar-refractivity contribution in [1.29, 1.82) is 0 Å². The molecule has 6 heteroatoms. The molecule has 3 nitrogen and oxygen atoms in total. The number of nitrogen functional groups attached to an aromatic ring is 1. The molecule has 0 aromatic heterocycles. The van der Waals surface area contributed by atoms with Gasteiger partial charge in [-0.2, -0.15) is 0 Å². The summed E-state index contributed by atoms with van der Waals surface area (Å²) in [5.41, 5.74) is 7.06. The third-order valence-corrected chi connectivity index (χ3v) is 4.00. The molecule has 0 saturated heterocycles. The third-order valence-electron chi connectivity index (χ3n) is 2.44. The Bertz CT molecular complexity index is 647. The van der Waals surface area contributed by atoms with E-state index in [-0.39, 0.29) is 5.91 Å². The molecule has 19 heavy (non-hydrogen) atoms. The first kappa shape index (κ1) is 14.2. The van der Waals surface area contributed by atoms with E-state index in [4.69, 9.17) is 28.9 Å². The molecule has 0 radical (unpaired) electrons. The van der Waals surface area contributed by atoms with Crippen molar-refractivity contribution in [3.63, 3.8) is 0 Å². The molecule has 98 valence electrons. The van der Waals surface area contributed by atoms with Gasteiger partial charge in [-0.15, -0.1) is 0 Å². The van der Waals surface area contributed by atoms with E-state index in [0.717, 1.165) is 4.47 Å². The highest BCUT2D eigenvalue weighted by atomic mass is 79.9. The van der Waals surface area contributed by atoms with Crippen LogP contribution in [0.15, 0.2) is 40.9 Å². The predicted molar refractivity (Wildman–Crippen MR) is 83.0 cm³/mol. The smallest absolute Gasteiger partial charge is 0.255 e. The molecular formula is C13H9BrCl2N2O. The Morgan fingerprint density at radius 2 is 1.84 bits per heavy atom. The minimum atomic E-state index is -0.278. The third kappa shape index (κ3) is 3.41. The van der Waals surface area contributed by atoms with E-state index < -0.39 is 0 Å². The first-order valence-electron chi connectivity index (χ1n) is 5.29. The monoisotopic (exact) mass is 358 g/mol. The average molecular weight is 360 g/mol. The van der Waals surface area contributed by atoms with Crippen LogP contribution in [0.2, 0.25) is 10.0 Å². The van der Waals surface area contributed by atoms with Crippen LogP contribution >= 0.6 is 39.1 Å². The molecule has 1 amide bonds. The number of nitrogens with one attached hydrogen (secondary N) is 1. The van der Waals surface area contributed by atoms with Crippen LogP contribution in [0, 0.1) is 0 Å². The summed E-state index contributed by atoms with van der Waals surface area (Å²) in [5, 5.41) is 3.60. The van der Waals surface area contributed by atoms with Gasteiger partial charge in [0.25, 0.3) is 5.91 Å². The molecule has 3 N–H and O–H groups in total. The Hall–Kier alpha value is -1.23. The van der Waals surface area contributed by atoms with Gasteiger partial charge in [-0.3, -0.25) is 4.79 Å². The summed E-state index contributed by atoms with van der Waals surface area (Å²) >= 11 is 15.1. The quantitative estimate of drug-likeness (QED) is 0.770. The van der Waals surface area contributed by atoms with E-state index in [1.807, 2.05) is 0 Å². The first-order valence-corrected chi connectivity index (χ1v) is 6.83. The van der Waals surface area contributed by atoms with E-state index in [9.17, 15) is 4.79 Å². The van der Waals surface area contributed by atoms with Gasteiger partial charge in [0.05, 0.1) is 15.7 Å². The number of hydrogen-bond donors (Lipinski definition) is 2. The Labute approximate surface area is 128 Å². The zero-order chi connectivity index (χ0) is 14.0. The second-order valence-corrected chi connectivity index (χ2v) is 5.49. The number of halogens is 3. The number of anilines is 2. The Kier molecular flexibility index (Phi) is 4.34. The van der Waals surface area contributed by atoms with Crippen molar-refractivity contribution in [3.05, 3.63) is 56.5 Å². The molecule has 0 aliphatic carbocycles. The zero-order valence-electron chi connectivity index (χ0n) is 9.58. The van der Waals surface area contributed by atoms with Crippen LogP contribution in [0.5, 0.6) is 0 Å². The minimum Gasteiger partial charge on any atom is -0.398 e. The summed E-state index contributed by atoms with van der Waals surface area (Å²) in [6.45, 7) is 0. The van der Waals surface area contributed by atoms with E-state index >= 15 is 0 Å². The van der Waals surface area contributed by atoms with Gasteiger partial charge in [-0.05, 0) is 52.3 Å². The lowest BCUT2D eigenvalue weighted by Crippen LogP contribution is -2.12. The van der Waals surface area contributed by atoms with E-state index in [2.05, 4.69) is 21.2 Å². The SMILES string of the molecule is Nc1ccc(C(=O)Nc2ccc(Br)c(Cl)c2)cc1Cl. The molecule has 0 unspecified atom stereocenters. The van der Waals surface area contributed by atoms with Crippen LogP contribution in [0.1, 0.15) is 10.4 Å². The molecule has 0 aliphatic rings. The van der Waals surface area contributed by atoms with Crippen molar-refractivity contribution in [2.45, 2.75) is 0 Å². The van der Waals surface area contributed by atoms with Gasteiger partial charge in [-0.25, -0.2) is 0 Å². The van der Waals surface area contributed by atoms with Crippen molar-refractivity contribution in [1.82, 2.24) is 0 Å². The van der Waals surface area contributed by atoms with Crippen LogP contribution in [0.3, 0.4) is 0 Å². The summed E-state index contributed by atoms with van der Waals surface area (Å²) in [4.78, 5) is 12.0. The van der Waals surface area contributed by atoms with Crippen molar-refractivity contribution in [2.75, 3.05) is 11.1 Å². The summed E-state index contributed by atoms with van der Waals surface area (Å²) in [5.74, 6) is -0.278. The summed E-state index contributed by atoms with van der Waals surface area (Å²) < 4.78 is 0.766. The van der Waals surface area contributed by atoms with E-state index in [1.54, 1.807) is 30.3 Å². The molecule has 0 heterocycles. The lowest BCUT2D eigenvalue weighted by atomic mass is 10.2. The van der Waals surface area contributed by atoms with E-state index in [1.165, 1.54) is 6.07 Å². The number of carbonyl (C=O) groups excluding carboxylic acids is 1. The number of benzene rings is 2. The highest BCUT2D eigenvalue weighted by molar-refractivity contribution is 9.10. The van der Waals surface area contributed by atoms with Gasteiger partial charge in [-0.1, -0.05) is 23.2 Å². The van der Waals surface area contributed by atoms with Gasteiger partial charge < -0.3 is 11.1 Å². The fraction of sp³-hybridized carbons (Fsp3) is 0. The molecule has 0 aliphatic heterocycles. The number of carbonyl (C=O) groups is 1. The highest BCUT2D eigenvalue weighted by Gasteiger charge is 2.09. The Balaban J connectivity index is 2.20.